The lowest BCUT2D eigenvalue weighted by Crippen LogP contribution is -2.36. The number of aromatic nitrogens is 2. The SMILES string of the molecule is O=c1[nH]c(=S)c(Cc2cccc(Oc3ccc(Cl)cc3)c2)cn1[C@H]1O[C@@H](CO)C(O)C1O. The molecule has 32 heavy (non-hydrogen) atoms. The Bertz CT molecular complexity index is 1210. The summed E-state index contributed by atoms with van der Waals surface area (Å²) in [6.07, 6.45) is -2.96. The van der Waals surface area contributed by atoms with E-state index < -0.39 is 36.8 Å². The van der Waals surface area contributed by atoms with E-state index in [1.165, 1.54) is 6.20 Å². The fraction of sp³-hybridized carbons (Fsp3) is 0.273. The smallest absolute Gasteiger partial charge is 0.328 e. The molecule has 1 fully saturated rings. The molecular weight excluding hydrogens is 456 g/mol. The van der Waals surface area contributed by atoms with Gasteiger partial charge in [-0.2, -0.15) is 0 Å². The molecule has 2 heterocycles. The van der Waals surface area contributed by atoms with Gasteiger partial charge in [0.25, 0.3) is 0 Å². The molecule has 0 aliphatic carbocycles. The Labute approximate surface area is 193 Å². The van der Waals surface area contributed by atoms with E-state index in [4.69, 9.17) is 33.3 Å². The molecule has 2 unspecified atom stereocenters. The lowest BCUT2D eigenvalue weighted by molar-refractivity contribution is -0.0551. The van der Waals surface area contributed by atoms with Crippen molar-refractivity contribution in [3.05, 3.63) is 86.0 Å². The summed E-state index contributed by atoms with van der Waals surface area (Å²) in [5, 5.41) is 30.2. The zero-order valence-electron chi connectivity index (χ0n) is 16.7. The second-order valence-corrected chi connectivity index (χ2v) is 8.27. The Balaban J connectivity index is 1.58. The lowest BCUT2D eigenvalue weighted by Gasteiger charge is -2.18. The van der Waals surface area contributed by atoms with Gasteiger partial charge in [0.15, 0.2) is 6.23 Å². The summed E-state index contributed by atoms with van der Waals surface area (Å²) in [6.45, 7) is -0.487. The molecule has 2 aromatic carbocycles. The molecule has 0 radical (unpaired) electrons. The second-order valence-electron chi connectivity index (χ2n) is 7.43. The van der Waals surface area contributed by atoms with Crippen LogP contribution in [0.1, 0.15) is 17.4 Å². The highest BCUT2D eigenvalue weighted by Crippen LogP contribution is 2.29. The molecule has 1 aliphatic heterocycles. The number of rotatable bonds is 6. The van der Waals surface area contributed by atoms with E-state index in [0.717, 1.165) is 10.1 Å². The van der Waals surface area contributed by atoms with Gasteiger partial charge in [-0.25, -0.2) is 4.79 Å². The second kappa shape index (κ2) is 9.53. The fourth-order valence-electron chi connectivity index (χ4n) is 3.53. The summed E-state index contributed by atoms with van der Waals surface area (Å²) in [7, 11) is 0. The van der Waals surface area contributed by atoms with Gasteiger partial charge >= 0.3 is 5.69 Å². The Hall–Kier alpha value is -2.53. The molecule has 0 bridgehead atoms. The van der Waals surface area contributed by atoms with E-state index in [1.807, 2.05) is 24.3 Å². The maximum Gasteiger partial charge on any atom is 0.328 e. The highest BCUT2D eigenvalue weighted by atomic mass is 35.5. The Morgan fingerprint density at radius 3 is 2.56 bits per heavy atom. The molecule has 4 N–H and O–H groups in total. The van der Waals surface area contributed by atoms with Crippen molar-refractivity contribution in [2.75, 3.05) is 6.61 Å². The number of nitrogens with one attached hydrogen (secondary N) is 1. The van der Waals surface area contributed by atoms with E-state index in [1.54, 1.807) is 24.3 Å². The van der Waals surface area contributed by atoms with E-state index in [-0.39, 0.29) is 4.64 Å². The normalized spacial score (nSPS) is 22.8. The molecule has 10 heteroatoms. The third-order valence-corrected chi connectivity index (χ3v) is 5.79. The number of aromatic amines is 1. The monoisotopic (exact) mass is 476 g/mol. The van der Waals surface area contributed by atoms with E-state index in [2.05, 4.69) is 4.98 Å². The lowest BCUT2D eigenvalue weighted by atomic mass is 10.1. The summed E-state index contributed by atoms with van der Waals surface area (Å²) in [5.74, 6) is 1.26. The van der Waals surface area contributed by atoms with Gasteiger partial charge in [-0.1, -0.05) is 36.0 Å². The summed E-state index contributed by atoms with van der Waals surface area (Å²) in [4.78, 5) is 15.0. The van der Waals surface area contributed by atoms with Crippen molar-refractivity contribution in [2.24, 2.45) is 0 Å². The van der Waals surface area contributed by atoms with Crippen molar-refractivity contribution in [3.63, 3.8) is 0 Å². The number of hydrogen-bond donors (Lipinski definition) is 4. The average Bonchev–Trinajstić information content (AvgIpc) is 3.06. The number of ether oxygens (including phenoxy) is 2. The van der Waals surface area contributed by atoms with Crippen LogP contribution in [0.25, 0.3) is 0 Å². The third-order valence-electron chi connectivity index (χ3n) is 5.18. The van der Waals surface area contributed by atoms with Crippen LogP contribution < -0.4 is 10.4 Å². The van der Waals surface area contributed by atoms with Crippen LogP contribution in [0.5, 0.6) is 11.5 Å². The Morgan fingerprint density at radius 1 is 1.12 bits per heavy atom. The summed E-state index contributed by atoms with van der Waals surface area (Å²) in [6, 6.07) is 14.4. The molecule has 0 saturated carbocycles. The number of hydrogen-bond acceptors (Lipinski definition) is 7. The van der Waals surface area contributed by atoms with Crippen molar-refractivity contribution in [1.29, 1.82) is 0 Å². The van der Waals surface area contributed by atoms with E-state index in [0.29, 0.717) is 28.5 Å². The molecule has 168 valence electrons. The van der Waals surface area contributed by atoms with Crippen LogP contribution in [0.3, 0.4) is 0 Å². The summed E-state index contributed by atoms with van der Waals surface area (Å²) < 4.78 is 12.7. The number of aliphatic hydroxyl groups excluding tert-OH is 3. The maximum atomic E-state index is 12.4. The van der Waals surface area contributed by atoms with Crippen molar-refractivity contribution < 1.29 is 24.8 Å². The first kappa shape index (κ1) is 22.7. The van der Waals surface area contributed by atoms with Crippen LogP contribution in [0, 0.1) is 4.64 Å². The van der Waals surface area contributed by atoms with Crippen molar-refractivity contribution in [3.8, 4) is 11.5 Å². The van der Waals surface area contributed by atoms with Crippen LogP contribution in [0.15, 0.2) is 59.5 Å². The largest absolute Gasteiger partial charge is 0.457 e. The zero-order valence-corrected chi connectivity index (χ0v) is 18.3. The summed E-state index contributed by atoms with van der Waals surface area (Å²) in [5.41, 5.74) is 0.900. The van der Waals surface area contributed by atoms with Gasteiger partial charge in [0.05, 0.1) is 6.61 Å². The standard InChI is InChI=1S/C22H21ClN2O6S/c23-14-4-6-15(7-5-14)30-16-3-1-2-12(9-16)8-13-10-25(22(29)24-20(13)32)21-19(28)18(27)17(11-26)31-21/h1-7,9-10,17-19,21,26-28H,8,11H2,(H,24,29,32)/t17-,18?,19?,21-/m0/s1. The van der Waals surface area contributed by atoms with Gasteiger partial charge < -0.3 is 24.8 Å². The van der Waals surface area contributed by atoms with E-state index >= 15 is 0 Å². The minimum atomic E-state index is -1.38. The number of aliphatic hydroxyl groups is 3. The van der Waals surface area contributed by atoms with Crippen LogP contribution in [-0.2, 0) is 11.2 Å². The van der Waals surface area contributed by atoms with E-state index in [9.17, 15) is 20.1 Å². The quantitative estimate of drug-likeness (QED) is 0.404. The van der Waals surface area contributed by atoms with Gasteiger partial charge in [-0.3, -0.25) is 9.55 Å². The number of H-pyrrole nitrogens is 1. The third kappa shape index (κ3) is 4.78. The van der Waals surface area contributed by atoms with Gasteiger partial charge in [0.2, 0.25) is 0 Å². The molecule has 1 saturated heterocycles. The van der Waals surface area contributed by atoms with Crippen LogP contribution in [-0.4, -0.2) is 49.8 Å². The van der Waals surface area contributed by atoms with Crippen LogP contribution >= 0.6 is 23.8 Å². The number of halogens is 1. The van der Waals surface area contributed by atoms with Crippen molar-refractivity contribution in [2.45, 2.75) is 31.0 Å². The Morgan fingerprint density at radius 2 is 1.88 bits per heavy atom. The molecule has 8 nitrogen and oxygen atoms in total. The van der Waals surface area contributed by atoms with Gasteiger partial charge in [-0.15, -0.1) is 0 Å². The highest BCUT2D eigenvalue weighted by molar-refractivity contribution is 7.71. The molecule has 1 aromatic heterocycles. The highest BCUT2D eigenvalue weighted by Gasteiger charge is 2.43. The first-order valence-electron chi connectivity index (χ1n) is 9.85. The van der Waals surface area contributed by atoms with Gasteiger partial charge in [0, 0.05) is 23.2 Å². The predicted molar refractivity (Wildman–Crippen MR) is 120 cm³/mol. The van der Waals surface area contributed by atoms with Gasteiger partial charge in [-0.05, 0) is 42.0 Å². The molecule has 4 rings (SSSR count). The zero-order chi connectivity index (χ0) is 22.8. The molecule has 0 spiro atoms. The van der Waals surface area contributed by atoms with Gasteiger partial charge in [0.1, 0.15) is 34.5 Å². The minimum absolute atomic E-state index is 0.252. The van der Waals surface area contributed by atoms with Crippen LogP contribution in [0.4, 0.5) is 0 Å². The predicted octanol–water partition coefficient (Wildman–Crippen LogP) is 2.55. The number of nitrogens with zero attached hydrogens (tertiary/aromatic N) is 1. The van der Waals surface area contributed by atoms with Crippen molar-refractivity contribution >= 4 is 23.8 Å². The van der Waals surface area contributed by atoms with Crippen LogP contribution in [0.2, 0.25) is 5.02 Å². The molecule has 3 aromatic rings. The molecule has 4 atom stereocenters. The maximum absolute atomic E-state index is 12.4. The first-order valence-corrected chi connectivity index (χ1v) is 10.6. The number of benzene rings is 2. The average molecular weight is 477 g/mol. The topological polar surface area (TPSA) is 117 Å². The first-order chi connectivity index (χ1) is 15.4. The molecular formula is C22H21ClN2O6S. The minimum Gasteiger partial charge on any atom is -0.457 e. The fourth-order valence-corrected chi connectivity index (χ4v) is 3.87. The summed E-state index contributed by atoms with van der Waals surface area (Å²) >= 11 is 11.2. The molecule has 1 aliphatic rings. The Kier molecular flexibility index (Phi) is 6.75. The van der Waals surface area contributed by atoms with Crippen molar-refractivity contribution in [1.82, 2.24) is 9.55 Å². The molecule has 0 amide bonds.